The molecule has 2 aromatic rings. The highest BCUT2D eigenvalue weighted by atomic mass is 16.3. The molecule has 1 atom stereocenters. The number of rotatable bonds is 3. The van der Waals surface area contributed by atoms with E-state index in [1.54, 1.807) is 24.3 Å². The number of anilines is 1. The summed E-state index contributed by atoms with van der Waals surface area (Å²) >= 11 is 0. The monoisotopic (exact) mass is 323 g/mol. The summed E-state index contributed by atoms with van der Waals surface area (Å²) < 4.78 is 0. The SMILES string of the molecule is CC1=NN(C(=O)c2ccccc2)C(O)(c2ccc(N(C)C)cc2)C1. The van der Waals surface area contributed by atoms with Crippen molar-refractivity contribution in [3.63, 3.8) is 0 Å². The van der Waals surface area contributed by atoms with E-state index in [-0.39, 0.29) is 5.91 Å². The molecule has 0 aliphatic carbocycles. The van der Waals surface area contributed by atoms with Gasteiger partial charge in [-0.2, -0.15) is 10.1 Å². The van der Waals surface area contributed by atoms with Gasteiger partial charge in [0.05, 0.1) is 0 Å². The minimum Gasteiger partial charge on any atom is -0.378 e. The van der Waals surface area contributed by atoms with Gasteiger partial charge in [0.1, 0.15) is 0 Å². The predicted molar refractivity (Wildman–Crippen MR) is 95.0 cm³/mol. The van der Waals surface area contributed by atoms with Gasteiger partial charge >= 0.3 is 0 Å². The Morgan fingerprint density at radius 1 is 1.12 bits per heavy atom. The van der Waals surface area contributed by atoms with E-state index in [0.717, 1.165) is 11.4 Å². The van der Waals surface area contributed by atoms with E-state index in [2.05, 4.69) is 5.10 Å². The van der Waals surface area contributed by atoms with Gasteiger partial charge in [0.25, 0.3) is 5.91 Å². The van der Waals surface area contributed by atoms with Gasteiger partial charge in [-0.1, -0.05) is 30.3 Å². The summed E-state index contributed by atoms with van der Waals surface area (Å²) in [6.45, 7) is 1.82. The molecule has 5 nitrogen and oxygen atoms in total. The number of carbonyl (C=O) groups is 1. The van der Waals surface area contributed by atoms with E-state index in [0.29, 0.717) is 17.5 Å². The van der Waals surface area contributed by atoms with Crippen LogP contribution in [0.2, 0.25) is 0 Å². The summed E-state index contributed by atoms with van der Waals surface area (Å²) in [5.41, 5.74) is 1.44. The zero-order valence-electron chi connectivity index (χ0n) is 14.1. The smallest absolute Gasteiger partial charge is 0.276 e. The predicted octanol–water partition coefficient (Wildman–Crippen LogP) is 2.82. The second-order valence-electron chi connectivity index (χ2n) is 6.25. The zero-order valence-corrected chi connectivity index (χ0v) is 14.1. The number of carbonyl (C=O) groups excluding carboxylic acids is 1. The van der Waals surface area contributed by atoms with Crippen molar-refractivity contribution in [3.05, 3.63) is 65.7 Å². The first-order chi connectivity index (χ1) is 11.4. The van der Waals surface area contributed by atoms with Gasteiger partial charge in [0, 0.05) is 43.0 Å². The van der Waals surface area contributed by atoms with E-state index in [1.165, 1.54) is 5.01 Å². The quantitative estimate of drug-likeness (QED) is 0.945. The molecule has 0 aromatic heterocycles. The van der Waals surface area contributed by atoms with E-state index in [4.69, 9.17) is 0 Å². The molecule has 1 N–H and O–H groups in total. The molecule has 0 bridgehead atoms. The van der Waals surface area contributed by atoms with Crippen LogP contribution in [0, 0.1) is 0 Å². The second kappa shape index (κ2) is 6.09. The van der Waals surface area contributed by atoms with Crippen LogP contribution in [-0.4, -0.2) is 35.8 Å². The Labute approximate surface area is 141 Å². The van der Waals surface area contributed by atoms with Crippen LogP contribution in [0.5, 0.6) is 0 Å². The summed E-state index contributed by atoms with van der Waals surface area (Å²) in [5, 5.41) is 16.7. The van der Waals surface area contributed by atoms with E-state index in [9.17, 15) is 9.90 Å². The minimum absolute atomic E-state index is 0.298. The van der Waals surface area contributed by atoms with Gasteiger partial charge < -0.3 is 10.0 Å². The number of hydrazone groups is 1. The Morgan fingerprint density at radius 3 is 2.33 bits per heavy atom. The molecule has 1 aliphatic rings. The molecule has 1 amide bonds. The first-order valence-electron chi connectivity index (χ1n) is 7.86. The summed E-state index contributed by atoms with van der Waals surface area (Å²) in [5.74, 6) is -0.313. The van der Waals surface area contributed by atoms with Crippen molar-refractivity contribution in [2.75, 3.05) is 19.0 Å². The maximum atomic E-state index is 12.8. The highest BCUT2D eigenvalue weighted by Crippen LogP contribution is 2.36. The molecule has 0 saturated carbocycles. The highest BCUT2D eigenvalue weighted by Gasteiger charge is 2.45. The Balaban J connectivity index is 1.97. The second-order valence-corrected chi connectivity index (χ2v) is 6.25. The average Bonchev–Trinajstić information content (AvgIpc) is 2.91. The Hall–Kier alpha value is -2.66. The van der Waals surface area contributed by atoms with Crippen LogP contribution < -0.4 is 4.90 Å². The van der Waals surface area contributed by atoms with E-state index < -0.39 is 5.72 Å². The maximum absolute atomic E-state index is 12.8. The van der Waals surface area contributed by atoms with Crippen molar-refractivity contribution in [3.8, 4) is 0 Å². The summed E-state index contributed by atoms with van der Waals surface area (Å²) in [6, 6.07) is 16.4. The van der Waals surface area contributed by atoms with Crippen LogP contribution in [0.15, 0.2) is 59.7 Å². The van der Waals surface area contributed by atoms with Crippen LogP contribution in [0.1, 0.15) is 29.3 Å². The summed E-state index contributed by atoms with van der Waals surface area (Å²) in [7, 11) is 3.91. The Kier molecular flexibility index (Phi) is 4.11. The van der Waals surface area contributed by atoms with E-state index in [1.807, 2.05) is 56.3 Å². The normalized spacial score (nSPS) is 20.0. The number of aliphatic hydroxyl groups is 1. The third-order valence-electron chi connectivity index (χ3n) is 4.18. The van der Waals surface area contributed by atoms with E-state index >= 15 is 0 Å². The Morgan fingerprint density at radius 2 is 1.75 bits per heavy atom. The third kappa shape index (κ3) is 2.78. The molecule has 0 saturated heterocycles. The standard InChI is InChI=1S/C19H21N3O2/c1-14-13-19(24,16-9-11-17(12-10-16)21(2)3)22(20-14)18(23)15-7-5-4-6-8-15/h4-12,24H,13H2,1-3H3. The number of hydrogen-bond acceptors (Lipinski definition) is 4. The molecule has 1 aliphatic heterocycles. The number of nitrogens with zero attached hydrogens (tertiary/aromatic N) is 3. The molecule has 24 heavy (non-hydrogen) atoms. The number of benzene rings is 2. The summed E-state index contributed by atoms with van der Waals surface area (Å²) in [6.07, 6.45) is 0.298. The van der Waals surface area contributed by atoms with Crippen molar-refractivity contribution in [1.82, 2.24) is 5.01 Å². The fourth-order valence-electron chi connectivity index (χ4n) is 2.89. The average molecular weight is 323 g/mol. The van der Waals surface area contributed by atoms with Crippen molar-refractivity contribution in [2.45, 2.75) is 19.1 Å². The Bertz CT molecular complexity index is 769. The molecule has 3 rings (SSSR count). The van der Waals surface area contributed by atoms with Crippen LogP contribution in [0.4, 0.5) is 5.69 Å². The van der Waals surface area contributed by atoms with Crippen molar-refractivity contribution >= 4 is 17.3 Å². The molecule has 124 valence electrons. The van der Waals surface area contributed by atoms with Gasteiger partial charge in [-0.15, -0.1) is 0 Å². The molecule has 5 heteroatoms. The lowest BCUT2D eigenvalue weighted by Gasteiger charge is -2.32. The van der Waals surface area contributed by atoms with Crippen LogP contribution in [0.25, 0.3) is 0 Å². The van der Waals surface area contributed by atoms with Gasteiger partial charge in [-0.05, 0) is 31.2 Å². The van der Waals surface area contributed by atoms with Crippen LogP contribution in [-0.2, 0) is 5.72 Å². The third-order valence-corrected chi connectivity index (χ3v) is 4.18. The molecule has 2 aromatic carbocycles. The largest absolute Gasteiger partial charge is 0.378 e. The first-order valence-corrected chi connectivity index (χ1v) is 7.86. The topological polar surface area (TPSA) is 56.1 Å². The molecule has 0 radical (unpaired) electrons. The lowest BCUT2D eigenvalue weighted by Crippen LogP contribution is -2.43. The number of hydrogen-bond donors (Lipinski definition) is 1. The molecule has 0 fully saturated rings. The lowest BCUT2D eigenvalue weighted by atomic mass is 9.97. The summed E-state index contributed by atoms with van der Waals surface area (Å²) in [4.78, 5) is 14.8. The van der Waals surface area contributed by atoms with Crippen molar-refractivity contribution in [2.24, 2.45) is 5.10 Å². The number of amides is 1. The fraction of sp³-hybridized carbons (Fsp3) is 0.263. The van der Waals surface area contributed by atoms with Crippen molar-refractivity contribution < 1.29 is 9.90 Å². The van der Waals surface area contributed by atoms with Gasteiger partial charge in [-0.3, -0.25) is 4.79 Å². The maximum Gasteiger partial charge on any atom is 0.276 e. The molecule has 1 heterocycles. The van der Waals surface area contributed by atoms with Gasteiger partial charge in [0.2, 0.25) is 0 Å². The zero-order chi connectivity index (χ0) is 17.3. The minimum atomic E-state index is -1.46. The lowest BCUT2D eigenvalue weighted by molar-refractivity contribution is -0.0765. The first kappa shape index (κ1) is 16.2. The highest BCUT2D eigenvalue weighted by molar-refractivity contribution is 5.97. The van der Waals surface area contributed by atoms with Crippen molar-refractivity contribution in [1.29, 1.82) is 0 Å². The van der Waals surface area contributed by atoms with Gasteiger partial charge in [-0.25, -0.2) is 0 Å². The molecular formula is C19H21N3O2. The van der Waals surface area contributed by atoms with Crippen LogP contribution >= 0.6 is 0 Å². The molecular weight excluding hydrogens is 302 g/mol. The van der Waals surface area contributed by atoms with Gasteiger partial charge in [0.15, 0.2) is 5.72 Å². The molecule has 0 spiro atoms. The fourth-order valence-corrected chi connectivity index (χ4v) is 2.89. The molecule has 1 unspecified atom stereocenters. The van der Waals surface area contributed by atoms with Crippen LogP contribution in [0.3, 0.4) is 0 Å².